The highest BCUT2D eigenvalue weighted by Crippen LogP contribution is 2.15. The summed E-state index contributed by atoms with van der Waals surface area (Å²) in [6.07, 6.45) is 3.17. The number of rotatable bonds is 5. The smallest absolute Gasteiger partial charge is 0.255 e. The molecular formula is C14H16N2O2S. The van der Waals surface area contributed by atoms with Crippen LogP contribution in [-0.2, 0) is 6.42 Å². The summed E-state index contributed by atoms with van der Waals surface area (Å²) < 4.78 is 5.91. The highest BCUT2D eigenvalue weighted by molar-refractivity contribution is 7.71. The van der Waals surface area contributed by atoms with Crippen LogP contribution in [0, 0.1) is 4.77 Å². The average Bonchev–Trinajstić information content (AvgIpc) is 2.40. The van der Waals surface area contributed by atoms with E-state index in [2.05, 4.69) is 16.9 Å². The van der Waals surface area contributed by atoms with E-state index in [0.29, 0.717) is 23.4 Å². The number of H-pyrrole nitrogens is 2. The van der Waals surface area contributed by atoms with Gasteiger partial charge in [-0.25, -0.2) is 0 Å². The van der Waals surface area contributed by atoms with Crippen LogP contribution in [0.1, 0.15) is 24.5 Å². The van der Waals surface area contributed by atoms with Crippen LogP contribution >= 0.6 is 12.2 Å². The second kappa shape index (κ2) is 6.33. The Morgan fingerprint density at radius 2 is 2.21 bits per heavy atom. The van der Waals surface area contributed by atoms with Crippen molar-refractivity contribution in [3.05, 3.63) is 56.7 Å². The average molecular weight is 276 g/mol. The molecule has 0 bridgehead atoms. The van der Waals surface area contributed by atoms with Crippen LogP contribution in [0.2, 0.25) is 0 Å². The van der Waals surface area contributed by atoms with Crippen LogP contribution in [0.15, 0.2) is 35.3 Å². The van der Waals surface area contributed by atoms with Gasteiger partial charge in [0.15, 0.2) is 4.77 Å². The van der Waals surface area contributed by atoms with Gasteiger partial charge in [-0.15, -0.1) is 0 Å². The molecule has 5 heteroatoms. The first-order valence-electron chi connectivity index (χ1n) is 6.21. The lowest BCUT2D eigenvalue weighted by Crippen LogP contribution is -2.13. The van der Waals surface area contributed by atoms with E-state index in [0.717, 1.165) is 17.7 Å². The van der Waals surface area contributed by atoms with Gasteiger partial charge in [0.2, 0.25) is 0 Å². The van der Waals surface area contributed by atoms with E-state index in [-0.39, 0.29) is 5.56 Å². The van der Waals surface area contributed by atoms with Crippen molar-refractivity contribution in [2.45, 2.75) is 19.8 Å². The molecule has 0 unspecified atom stereocenters. The summed E-state index contributed by atoms with van der Waals surface area (Å²) in [5.74, 6) is 0.833. The summed E-state index contributed by atoms with van der Waals surface area (Å²) >= 11 is 4.86. The zero-order valence-corrected chi connectivity index (χ0v) is 11.5. The zero-order chi connectivity index (χ0) is 13.7. The maximum atomic E-state index is 11.7. The number of aromatic nitrogens is 2. The Labute approximate surface area is 116 Å². The number of hydrogen-bond donors (Lipinski definition) is 2. The molecule has 0 spiro atoms. The lowest BCUT2D eigenvalue weighted by molar-refractivity contribution is 0.317. The minimum atomic E-state index is -0.149. The van der Waals surface area contributed by atoms with Crippen LogP contribution in [0.3, 0.4) is 0 Å². The fourth-order valence-corrected chi connectivity index (χ4v) is 1.91. The Kier molecular flexibility index (Phi) is 4.52. The zero-order valence-electron chi connectivity index (χ0n) is 10.7. The summed E-state index contributed by atoms with van der Waals surface area (Å²) in [6, 6.07) is 7.78. The van der Waals surface area contributed by atoms with Gasteiger partial charge in [0.25, 0.3) is 5.56 Å². The van der Waals surface area contributed by atoms with Crippen LogP contribution in [0.4, 0.5) is 0 Å². The number of benzene rings is 1. The van der Waals surface area contributed by atoms with Gasteiger partial charge in [0, 0.05) is 18.2 Å². The quantitative estimate of drug-likeness (QED) is 0.826. The predicted octanol–water partition coefficient (Wildman–Crippen LogP) is 2.81. The van der Waals surface area contributed by atoms with Gasteiger partial charge < -0.3 is 9.72 Å². The molecule has 1 aromatic carbocycles. The Balaban J connectivity index is 2.18. The molecule has 0 aliphatic rings. The van der Waals surface area contributed by atoms with Gasteiger partial charge >= 0.3 is 0 Å². The van der Waals surface area contributed by atoms with Crippen molar-refractivity contribution in [1.29, 1.82) is 0 Å². The molecule has 0 saturated heterocycles. The third-order valence-corrected chi connectivity index (χ3v) is 2.88. The lowest BCUT2D eigenvalue weighted by atomic mass is 10.1. The number of aromatic amines is 2. The van der Waals surface area contributed by atoms with Crippen LogP contribution in [0.25, 0.3) is 0 Å². The lowest BCUT2D eigenvalue weighted by Gasteiger charge is -2.06. The summed E-state index contributed by atoms with van der Waals surface area (Å²) in [7, 11) is 0. The molecule has 0 radical (unpaired) electrons. The van der Waals surface area contributed by atoms with Crippen LogP contribution in [0.5, 0.6) is 5.75 Å². The molecule has 19 heavy (non-hydrogen) atoms. The number of hydrogen-bond acceptors (Lipinski definition) is 3. The summed E-state index contributed by atoms with van der Waals surface area (Å²) in [4.78, 5) is 17.1. The Morgan fingerprint density at radius 3 is 2.95 bits per heavy atom. The molecule has 100 valence electrons. The minimum Gasteiger partial charge on any atom is -0.494 e. The minimum absolute atomic E-state index is 0.149. The molecule has 0 aliphatic heterocycles. The number of ether oxygens (including phenoxy) is 1. The van der Waals surface area contributed by atoms with Crippen LogP contribution in [-0.4, -0.2) is 16.6 Å². The molecule has 2 N–H and O–H groups in total. The van der Waals surface area contributed by atoms with Crippen LogP contribution < -0.4 is 10.3 Å². The van der Waals surface area contributed by atoms with Crippen molar-refractivity contribution < 1.29 is 4.74 Å². The summed E-state index contributed by atoms with van der Waals surface area (Å²) in [6.45, 7) is 2.76. The topological polar surface area (TPSA) is 57.9 Å². The van der Waals surface area contributed by atoms with Crippen molar-refractivity contribution in [3.8, 4) is 5.75 Å². The Morgan fingerprint density at radius 1 is 1.37 bits per heavy atom. The first-order chi connectivity index (χ1) is 9.19. The normalized spacial score (nSPS) is 10.4. The fraction of sp³-hybridized carbons (Fsp3) is 0.286. The van der Waals surface area contributed by atoms with E-state index in [1.807, 2.05) is 24.3 Å². The molecule has 1 heterocycles. The van der Waals surface area contributed by atoms with Gasteiger partial charge in [-0.2, -0.15) is 0 Å². The predicted molar refractivity (Wildman–Crippen MR) is 77.3 cm³/mol. The van der Waals surface area contributed by atoms with Gasteiger partial charge in [0.1, 0.15) is 5.75 Å². The molecule has 0 amide bonds. The molecule has 0 fully saturated rings. The van der Waals surface area contributed by atoms with E-state index >= 15 is 0 Å². The molecule has 0 atom stereocenters. The maximum Gasteiger partial charge on any atom is 0.255 e. The SMILES string of the molecule is CCCOc1cccc(Cc2c[nH]c(=S)[nH]c2=O)c1. The van der Waals surface area contributed by atoms with E-state index in [4.69, 9.17) is 17.0 Å². The fourth-order valence-electron chi connectivity index (χ4n) is 1.75. The highest BCUT2D eigenvalue weighted by atomic mass is 32.1. The van der Waals surface area contributed by atoms with E-state index in [9.17, 15) is 4.79 Å². The van der Waals surface area contributed by atoms with Gasteiger partial charge in [-0.05, 0) is 36.3 Å². The third kappa shape index (κ3) is 3.79. The highest BCUT2D eigenvalue weighted by Gasteiger charge is 2.03. The van der Waals surface area contributed by atoms with E-state index in [1.165, 1.54) is 0 Å². The molecule has 1 aromatic heterocycles. The molecule has 2 rings (SSSR count). The van der Waals surface area contributed by atoms with Crippen molar-refractivity contribution >= 4 is 12.2 Å². The Bertz CT molecular complexity index is 661. The number of nitrogens with one attached hydrogen (secondary N) is 2. The summed E-state index contributed by atoms with van der Waals surface area (Å²) in [5.41, 5.74) is 1.54. The van der Waals surface area contributed by atoms with Gasteiger partial charge in [0.05, 0.1) is 6.61 Å². The van der Waals surface area contributed by atoms with Crippen molar-refractivity contribution in [2.75, 3.05) is 6.61 Å². The maximum absolute atomic E-state index is 11.7. The first-order valence-corrected chi connectivity index (χ1v) is 6.62. The molecule has 0 aliphatic carbocycles. The molecule has 0 saturated carbocycles. The second-order valence-corrected chi connectivity index (χ2v) is 4.68. The first kappa shape index (κ1) is 13.5. The molecular weight excluding hydrogens is 260 g/mol. The summed E-state index contributed by atoms with van der Waals surface area (Å²) in [5, 5.41) is 0. The molecule has 2 aromatic rings. The van der Waals surface area contributed by atoms with Crippen molar-refractivity contribution in [2.24, 2.45) is 0 Å². The van der Waals surface area contributed by atoms with Gasteiger partial charge in [-0.3, -0.25) is 9.78 Å². The van der Waals surface area contributed by atoms with Crippen molar-refractivity contribution in [1.82, 2.24) is 9.97 Å². The largest absolute Gasteiger partial charge is 0.494 e. The Hall–Kier alpha value is -1.88. The molecule has 4 nitrogen and oxygen atoms in total. The van der Waals surface area contributed by atoms with E-state index < -0.39 is 0 Å². The van der Waals surface area contributed by atoms with Gasteiger partial charge in [-0.1, -0.05) is 19.1 Å². The van der Waals surface area contributed by atoms with E-state index in [1.54, 1.807) is 6.20 Å². The monoisotopic (exact) mass is 276 g/mol. The second-order valence-electron chi connectivity index (χ2n) is 4.27. The third-order valence-electron chi connectivity index (χ3n) is 2.66. The van der Waals surface area contributed by atoms with Crippen molar-refractivity contribution in [3.63, 3.8) is 0 Å². The standard InChI is InChI=1S/C14H16N2O2S/c1-2-6-18-12-5-3-4-10(8-12)7-11-9-15-14(19)16-13(11)17/h3-5,8-9H,2,6-7H2,1H3,(H2,15,16,17,19).